The molecule has 0 spiro atoms. The summed E-state index contributed by atoms with van der Waals surface area (Å²) in [4.78, 5) is 24.4. The van der Waals surface area contributed by atoms with E-state index in [1.807, 2.05) is 0 Å². The lowest BCUT2D eigenvalue weighted by Crippen LogP contribution is -2.43. The predicted octanol–water partition coefficient (Wildman–Crippen LogP) is -0.0721. The zero-order valence-electron chi connectivity index (χ0n) is 8.51. The summed E-state index contributed by atoms with van der Waals surface area (Å²) in [5, 5.41) is 4.91. The molecule has 14 heavy (non-hydrogen) atoms. The van der Waals surface area contributed by atoms with Gasteiger partial charge >= 0.3 is 6.03 Å². The second kappa shape index (κ2) is 5.59. The number of carbonyl (C=O) groups is 2. The highest BCUT2D eigenvalue weighted by molar-refractivity contribution is 5.94. The third kappa shape index (κ3) is 3.74. The van der Waals surface area contributed by atoms with Gasteiger partial charge in [0.25, 0.3) is 0 Å². The van der Waals surface area contributed by atoms with Crippen LogP contribution in [0.2, 0.25) is 0 Å². The lowest BCUT2D eigenvalue weighted by atomic mass is 10.3. The van der Waals surface area contributed by atoms with Crippen LogP contribution in [-0.4, -0.2) is 43.0 Å². The smallest absolute Gasteiger partial charge is 0.321 e. The number of carbonyl (C=O) groups excluding carboxylic acids is 2. The van der Waals surface area contributed by atoms with Gasteiger partial charge in [0.2, 0.25) is 5.91 Å². The van der Waals surface area contributed by atoms with Crippen molar-refractivity contribution in [3.63, 3.8) is 0 Å². The average Bonchev–Trinajstić information content (AvgIpc) is 2.16. The summed E-state index contributed by atoms with van der Waals surface area (Å²) >= 11 is 0. The minimum atomic E-state index is -0.375. The predicted molar refractivity (Wildman–Crippen MR) is 52.9 cm³/mol. The van der Waals surface area contributed by atoms with Crippen LogP contribution in [0.25, 0.3) is 0 Å². The van der Waals surface area contributed by atoms with E-state index in [0.717, 1.165) is 26.1 Å². The van der Waals surface area contributed by atoms with E-state index in [1.165, 1.54) is 0 Å². The van der Waals surface area contributed by atoms with Crippen molar-refractivity contribution < 1.29 is 9.59 Å². The maximum atomic E-state index is 11.2. The molecule has 1 aliphatic heterocycles. The molecule has 0 atom stereocenters. The van der Waals surface area contributed by atoms with E-state index in [4.69, 9.17) is 0 Å². The molecule has 1 fully saturated rings. The van der Waals surface area contributed by atoms with Crippen LogP contribution in [0.3, 0.4) is 0 Å². The molecule has 1 saturated heterocycles. The Morgan fingerprint density at radius 2 is 2.14 bits per heavy atom. The van der Waals surface area contributed by atoms with E-state index in [0.29, 0.717) is 13.0 Å². The number of nitrogens with zero attached hydrogens (tertiary/aromatic N) is 1. The Morgan fingerprint density at radius 1 is 1.36 bits per heavy atom. The molecule has 2 N–H and O–H groups in total. The van der Waals surface area contributed by atoms with Gasteiger partial charge in [-0.3, -0.25) is 10.1 Å². The van der Waals surface area contributed by atoms with Gasteiger partial charge < -0.3 is 10.2 Å². The molecule has 5 nitrogen and oxygen atoms in total. The normalized spacial score (nSPS) is 21.2. The number of hydrogen-bond acceptors (Lipinski definition) is 3. The van der Waals surface area contributed by atoms with Crippen molar-refractivity contribution in [2.24, 2.45) is 0 Å². The summed E-state index contributed by atoms with van der Waals surface area (Å²) in [7, 11) is 0. The van der Waals surface area contributed by atoms with Gasteiger partial charge in [-0.2, -0.15) is 0 Å². The summed E-state index contributed by atoms with van der Waals surface area (Å²) in [6, 6.07) is -0.375. The summed E-state index contributed by atoms with van der Waals surface area (Å²) in [6.45, 7) is 5.30. The van der Waals surface area contributed by atoms with Gasteiger partial charge in [0, 0.05) is 19.5 Å². The first-order valence-corrected chi connectivity index (χ1v) is 5.02. The molecule has 80 valence electrons. The highest BCUT2D eigenvalue weighted by Gasteiger charge is 2.11. The van der Waals surface area contributed by atoms with Crippen LogP contribution in [0.4, 0.5) is 4.79 Å². The van der Waals surface area contributed by atoms with Crippen molar-refractivity contribution in [3.8, 4) is 0 Å². The molecule has 5 heteroatoms. The highest BCUT2D eigenvalue weighted by atomic mass is 16.2. The zero-order valence-corrected chi connectivity index (χ0v) is 8.51. The van der Waals surface area contributed by atoms with Crippen molar-refractivity contribution in [2.75, 3.05) is 26.2 Å². The minimum Gasteiger partial charge on any atom is -0.338 e. The van der Waals surface area contributed by atoms with Crippen molar-refractivity contribution >= 4 is 11.9 Å². The molecule has 0 aromatic heterocycles. The molecule has 0 aliphatic carbocycles. The number of amides is 3. The van der Waals surface area contributed by atoms with Crippen LogP contribution in [0, 0.1) is 0 Å². The van der Waals surface area contributed by atoms with E-state index < -0.39 is 0 Å². The lowest BCUT2D eigenvalue weighted by Gasteiger charge is -2.21. The standard InChI is InChI=1S/C9H17N3O2/c1-2-12-6-3-5-10-9(14)11-8(13)4-7-12/h2-7H2,1H3,(H2,10,11,13,14). The highest BCUT2D eigenvalue weighted by Crippen LogP contribution is 1.95. The molecular formula is C9H17N3O2. The van der Waals surface area contributed by atoms with Crippen LogP contribution >= 0.6 is 0 Å². The fourth-order valence-electron chi connectivity index (χ4n) is 1.43. The summed E-state index contributed by atoms with van der Waals surface area (Å²) in [5.74, 6) is -0.206. The molecule has 1 heterocycles. The number of nitrogens with one attached hydrogen (secondary N) is 2. The van der Waals surface area contributed by atoms with Gasteiger partial charge in [-0.15, -0.1) is 0 Å². The van der Waals surface area contributed by atoms with E-state index in [1.54, 1.807) is 0 Å². The third-order valence-electron chi connectivity index (χ3n) is 2.29. The molecule has 0 aromatic rings. The molecule has 0 bridgehead atoms. The first-order chi connectivity index (χ1) is 6.72. The fourth-order valence-corrected chi connectivity index (χ4v) is 1.43. The fraction of sp³-hybridized carbons (Fsp3) is 0.778. The number of hydrogen-bond donors (Lipinski definition) is 2. The van der Waals surface area contributed by atoms with E-state index in [9.17, 15) is 9.59 Å². The molecule has 0 aromatic carbocycles. The minimum absolute atomic E-state index is 0.206. The van der Waals surface area contributed by atoms with E-state index in [-0.39, 0.29) is 11.9 Å². The van der Waals surface area contributed by atoms with Crippen molar-refractivity contribution in [2.45, 2.75) is 19.8 Å². The second-order valence-corrected chi connectivity index (χ2v) is 3.34. The van der Waals surface area contributed by atoms with Gasteiger partial charge in [-0.05, 0) is 19.5 Å². The van der Waals surface area contributed by atoms with Crippen LogP contribution < -0.4 is 10.6 Å². The quantitative estimate of drug-likeness (QED) is 0.621. The maximum absolute atomic E-state index is 11.2. The Hall–Kier alpha value is -1.10. The van der Waals surface area contributed by atoms with Crippen molar-refractivity contribution in [3.05, 3.63) is 0 Å². The van der Waals surface area contributed by atoms with Crippen LogP contribution in [0.1, 0.15) is 19.8 Å². The van der Waals surface area contributed by atoms with Crippen molar-refractivity contribution in [1.29, 1.82) is 0 Å². The molecular weight excluding hydrogens is 182 g/mol. The van der Waals surface area contributed by atoms with Crippen LogP contribution in [-0.2, 0) is 4.79 Å². The number of imide groups is 1. The summed E-state index contributed by atoms with van der Waals surface area (Å²) in [5.41, 5.74) is 0. The molecule has 0 radical (unpaired) electrons. The van der Waals surface area contributed by atoms with Crippen LogP contribution in [0.15, 0.2) is 0 Å². The molecule has 1 rings (SSSR count). The van der Waals surface area contributed by atoms with Gasteiger partial charge in [0.15, 0.2) is 0 Å². The van der Waals surface area contributed by atoms with E-state index >= 15 is 0 Å². The molecule has 1 aliphatic rings. The van der Waals surface area contributed by atoms with Gasteiger partial charge in [-0.1, -0.05) is 6.92 Å². The number of rotatable bonds is 1. The molecule has 0 unspecified atom stereocenters. The molecule has 3 amide bonds. The summed E-state index contributed by atoms with van der Waals surface area (Å²) < 4.78 is 0. The van der Waals surface area contributed by atoms with Crippen LogP contribution in [0.5, 0.6) is 0 Å². The van der Waals surface area contributed by atoms with E-state index in [2.05, 4.69) is 22.5 Å². The van der Waals surface area contributed by atoms with Crippen molar-refractivity contribution in [1.82, 2.24) is 15.5 Å². The first kappa shape index (κ1) is 11.0. The Morgan fingerprint density at radius 3 is 2.86 bits per heavy atom. The lowest BCUT2D eigenvalue weighted by molar-refractivity contribution is -0.120. The van der Waals surface area contributed by atoms with Gasteiger partial charge in [-0.25, -0.2) is 4.79 Å². The largest absolute Gasteiger partial charge is 0.338 e. The van der Waals surface area contributed by atoms with Gasteiger partial charge in [0.1, 0.15) is 0 Å². The zero-order chi connectivity index (χ0) is 10.4. The number of urea groups is 1. The Kier molecular flexibility index (Phi) is 4.39. The third-order valence-corrected chi connectivity index (χ3v) is 2.29. The first-order valence-electron chi connectivity index (χ1n) is 5.02. The Labute approximate surface area is 83.8 Å². The summed E-state index contributed by atoms with van der Waals surface area (Å²) in [6.07, 6.45) is 1.32. The molecule has 0 saturated carbocycles. The average molecular weight is 199 g/mol. The monoisotopic (exact) mass is 199 g/mol. The Bertz CT molecular complexity index is 218. The Balaban J connectivity index is 2.43. The second-order valence-electron chi connectivity index (χ2n) is 3.34. The van der Waals surface area contributed by atoms with Gasteiger partial charge in [0.05, 0.1) is 0 Å². The SMILES string of the molecule is CCN1CCCNC(=O)NC(=O)CC1. The maximum Gasteiger partial charge on any atom is 0.321 e. The topological polar surface area (TPSA) is 61.4 Å².